The lowest BCUT2D eigenvalue weighted by molar-refractivity contribution is -0.146. The summed E-state index contributed by atoms with van der Waals surface area (Å²) in [6.45, 7) is 19.6. The molecule has 0 radical (unpaired) electrons. The maximum Gasteiger partial charge on any atom is 0.333 e. The number of ether oxygens (including phenoxy) is 2. The van der Waals surface area contributed by atoms with Gasteiger partial charge in [0.2, 0.25) is 0 Å². The van der Waals surface area contributed by atoms with Gasteiger partial charge in [-0.2, -0.15) is 0 Å². The third-order valence-electron chi connectivity index (χ3n) is 7.34. The summed E-state index contributed by atoms with van der Waals surface area (Å²) in [4.78, 5) is 32.9. The van der Waals surface area contributed by atoms with Crippen LogP contribution in [-0.4, -0.2) is 36.2 Å². The molecule has 31 heavy (non-hydrogen) atoms. The van der Waals surface area contributed by atoms with Crippen molar-refractivity contribution in [3.63, 3.8) is 0 Å². The first-order valence-corrected chi connectivity index (χ1v) is 11.0. The largest absolute Gasteiger partial charge is 0.478 e. The molecule has 0 heterocycles. The van der Waals surface area contributed by atoms with Gasteiger partial charge < -0.3 is 14.6 Å². The number of rotatable bonds is 10. The molecule has 2 bridgehead atoms. The van der Waals surface area contributed by atoms with E-state index < -0.39 is 17.9 Å². The molecule has 0 spiro atoms. The Balaban J connectivity index is 0.000000310. The standard InChI is InChI=1S/C13H20O2.C12H18O4/c1-8(11(14)15)10-7-9-5-6-13(10,4)12(9,2)3;1-4-6-7-10(3)12(14)16-9-8-15-11(13)5-2/h9-10H,1,5-7H2,2-4H3,(H,14,15);5H,2-4,6-9H2,1H3/t9-,10?,13-;/m1./s1. The second kappa shape index (κ2) is 11.3. The molecule has 2 saturated carbocycles. The van der Waals surface area contributed by atoms with Crippen molar-refractivity contribution in [2.24, 2.45) is 22.7 Å². The normalized spacial score (nSPS) is 25.0. The van der Waals surface area contributed by atoms with E-state index in [0.29, 0.717) is 23.5 Å². The van der Waals surface area contributed by atoms with Crippen molar-refractivity contribution in [1.29, 1.82) is 0 Å². The molecule has 1 N–H and O–H groups in total. The Kier molecular flexibility index (Phi) is 9.72. The molecule has 0 saturated heterocycles. The highest BCUT2D eigenvalue weighted by Gasteiger charge is 2.62. The summed E-state index contributed by atoms with van der Waals surface area (Å²) in [6, 6.07) is 0. The Morgan fingerprint density at radius 1 is 1.13 bits per heavy atom. The summed E-state index contributed by atoms with van der Waals surface area (Å²) in [5.74, 6) is -0.902. The summed E-state index contributed by atoms with van der Waals surface area (Å²) in [5, 5.41) is 9.06. The zero-order chi connectivity index (χ0) is 23.8. The van der Waals surface area contributed by atoms with Crippen molar-refractivity contribution >= 4 is 17.9 Å². The van der Waals surface area contributed by atoms with E-state index in [1.165, 1.54) is 6.42 Å². The molecule has 0 aliphatic heterocycles. The minimum absolute atomic E-state index is 0.0393. The number of esters is 2. The van der Waals surface area contributed by atoms with E-state index in [4.69, 9.17) is 9.84 Å². The Morgan fingerprint density at radius 2 is 1.74 bits per heavy atom. The van der Waals surface area contributed by atoms with E-state index in [2.05, 4.69) is 45.2 Å². The van der Waals surface area contributed by atoms with Crippen LogP contribution in [0.5, 0.6) is 0 Å². The van der Waals surface area contributed by atoms with Gasteiger partial charge in [-0.25, -0.2) is 14.4 Å². The molecule has 0 aromatic carbocycles. The quantitative estimate of drug-likeness (QED) is 0.292. The van der Waals surface area contributed by atoms with Gasteiger partial charge in [-0.15, -0.1) is 0 Å². The fourth-order valence-corrected chi connectivity index (χ4v) is 4.81. The van der Waals surface area contributed by atoms with E-state index in [1.54, 1.807) is 0 Å². The number of carbonyl (C=O) groups excluding carboxylic acids is 2. The number of hydrogen-bond acceptors (Lipinski definition) is 5. The molecule has 2 aliphatic carbocycles. The number of hydrogen-bond donors (Lipinski definition) is 1. The number of carboxylic acid groups (broad SMARTS) is 1. The molecule has 174 valence electrons. The van der Waals surface area contributed by atoms with E-state index >= 15 is 0 Å². The lowest BCUT2D eigenvalue weighted by Gasteiger charge is -2.39. The fourth-order valence-electron chi connectivity index (χ4n) is 4.81. The summed E-state index contributed by atoms with van der Waals surface area (Å²) >= 11 is 0. The topological polar surface area (TPSA) is 89.9 Å². The SMILES string of the molecule is C=C(C(=O)O)C1C[C@H]2CC[C@@]1(C)C2(C)C.C=CC(=O)OCCOC(=O)C(=C)CCCC. The van der Waals surface area contributed by atoms with E-state index in [1.807, 2.05) is 6.92 Å². The summed E-state index contributed by atoms with van der Waals surface area (Å²) in [5.41, 5.74) is 1.30. The van der Waals surface area contributed by atoms with Crippen molar-refractivity contribution in [3.8, 4) is 0 Å². The van der Waals surface area contributed by atoms with Gasteiger partial charge in [0, 0.05) is 17.2 Å². The summed E-state index contributed by atoms with van der Waals surface area (Å²) < 4.78 is 9.48. The van der Waals surface area contributed by atoms with Crippen LogP contribution >= 0.6 is 0 Å². The lowest BCUT2D eigenvalue weighted by Crippen LogP contribution is -2.34. The van der Waals surface area contributed by atoms with Crippen LogP contribution in [0.2, 0.25) is 0 Å². The van der Waals surface area contributed by atoms with Gasteiger partial charge in [0.25, 0.3) is 0 Å². The molecule has 2 aliphatic rings. The molecule has 6 heteroatoms. The minimum Gasteiger partial charge on any atom is -0.478 e. The second-order valence-electron chi connectivity index (χ2n) is 9.21. The molecular weight excluding hydrogens is 396 g/mol. The summed E-state index contributed by atoms with van der Waals surface area (Å²) in [6.07, 6.45) is 7.05. The van der Waals surface area contributed by atoms with Crippen molar-refractivity contribution in [1.82, 2.24) is 0 Å². The number of unbranched alkanes of at least 4 members (excludes halogenated alkanes) is 1. The van der Waals surface area contributed by atoms with Crippen LogP contribution in [0, 0.1) is 22.7 Å². The van der Waals surface area contributed by atoms with Gasteiger partial charge in [0.15, 0.2) is 0 Å². The maximum absolute atomic E-state index is 11.3. The monoisotopic (exact) mass is 434 g/mol. The Morgan fingerprint density at radius 3 is 2.19 bits per heavy atom. The van der Waals surface area contributed by atoms with E-state index in [-0.39, 0.29) is 30.0 Å². The predicted octanol–water partition coefficient (Wildman–Crippen LogP) is 5.09. The number of fused-ring (bicyclic) bond motifs is 2. The van der Waals surface area contributed by atoms with Gasteiger partial charge in [-0.1, -0.05) is 53.9 Å². The Bertz CT molecular complexity index is 720. The second-order valence-corrected chi connectivity index (χ2v) is 9.21. The smallest absolute Gasteiger partial charge is 0.333 e. The first kappa shape index (κ1) is 26.7. The molecule has 0 amide bonds. The third-order valence-corrected chi connectivity index (χ3v) is 7.34. The van der Waals surface area contributed by atoms with Gasteiger partial charge in [-0.05, 0) is 54.8 Å². The zero-order valence-electron chi connectivity index (χ0n) is 19.5. The highest BCUT2D eigenvalue weighted by atomic mass is 16.6. The van der Waals surface area contributed by atoms with E-state index in [9.17, 15) is 14.4 Å². The molecule has 2 fully saturated rings. The third kappa shape index (κ3) is 6.31. The van der Waals surface area contributed by atoms with Gasteiger partial charge in [-0.3, -0.25) is 0 Å². The van der Waals surface area contributed by atoms with Gasteiger partial charge in [0.05, 0.1) is 0 Å². The predicted molar refractivity (Wildman–Crippen MR) is 120 cm³/mol. The number of carboxylic acids is 1. The number of aliphatic carboxylic acids is 1. The highest BCUT2D eigenvalue weighted by Crippen LogP contribution is 2.69. The van der Waals surface area contributed by atoms with Crippen LogP contribution in [0.1, 0.15) is 66.2 Å². The Hall–Kier alpha value is -2.37. The van der Waals surface area contributed by atoms with Gasteiger partial charge >= 0.3 is 17.9 Å². The molecule has 3 atom stereocenters. The highest BCUT2D eigenvalue weighted by molar-refractivity contribution is 5.87. The van der Waals surface area contributed by atoms with Crippen LogP contribution in [0.4, 0.5) is 0 Å². The Labute approximate surface area is 186 Å². The van der Waals surface area contributed by atoms with Crippen LogP contribution in [-0.2, 0) is 23.9 Å². The average Bonchev–Trinajstić information content (AvgIpc) is 3.07. The molecule has 1 unspecified atom stereocenters. The first-order chi connectivity index (χ1) is 14.4. The zero-order valence-corrected chi connectivity index (χ0v) is 19.5. The minimum atomic E-state index is -0.815. The van der Waals surface area contributed by atoms with Crippen LogP contribution in [0.25, 0.3) is 0 Å². The number of carbonyl (C=O) groups is 3. The van der Waals surface area contributed by atoms with Crippen molar-refractivity contribution in [2.75, 3.05) is 13.2 Å². The molecule has 0 aromatic heterocycles. The average molecular weight is 435 g/mol. The van der Waals surface area contributed by atoms with Crippen LogP contribution in [0.15, 0.2) is 37.0 Å². The molecule has 0 aromatic rings. The van der Waals surface area contributed by atoms with Gasteiger partial charge in [0.1, 0.15) is 13.2 Å². The lowest BCUT2D eigenvalue weighted by atomic mass is 9.65. The molecular formula is C25H38O6. The molecule has 6 nitrogen and oxygen atoms in total. The fraction of sp³-hybridized carbons (Fsp3) is 0.640. The maximum atomic E-state index is 11.3. The van der Waals surface area contributed by atoms with Crippen molar-refractivity contribution in [3.05, 3.63) is 37.0 Å². The van der Waals surface area contributed by atoms with E-state index in [0.717, 1.165) is 31.8 Å². The van der Waals surface area contributed by atoms with Crippen molar-refractivity contribution < 1.29 is 29.0 Å². The van der Waals surface area contributed by atoms with Crippen molar-refractivity contribution in [2.45, 2.75) is 66.2 Å². The van der Waals surface area contributed by atoms with Crippen LogP contribution < -0.4 is 0 Å². The summed E-state index contributed by atoms with van der Waals surface area (Å²) in [7, 11) is 0. The van der Waals surface area contributed by atoms with Crippen LogP contribution in [0.3, 0.4) is 0 Å². The molecule has 2 rings (SSSR count). The first-order valence-electron chi connectivity index (χ1n) is 11.0.